The molecule has 0 bridgehead atoms. The number of rotatable bonds is 4. The molecule has 0 spiro atoms. The Morgan fingerprint density at radius 3 is 2.50 bits per heavy atom. The van der Waals surface area contributed by atoms with Crippen LogP contribution in [0.3, 0.4) is 0 Å². The maximum absolute atomic E-state index is 12.9. The van der Waals surface area contributed by atoms with Crippen molar-refractivity contribution in [2.45, 2.75) is 19.4 Å². The van der Waals surface area contributed by atoms with Crippen molar-refractivity contribution in [1.29, 1.82) is 0 Å². The predicted octanol–water partition coefficient (Wildman–Crippen LogP) is 3.37. The Hall–Kier alpha value is -2.69. The van der Waals surface area contributed by atoms with Gasteiger partial charge in [-0.05, 0) is 36.8 Å². The van der Waals surface area contributed by atoms with Gasteiger partial charge in [0.2, 0.25) is 11.8 Å². The van der Waals surface area contributed by atoms with E-state index in [-0.39, 0.29) is 30.1 Å². The van der Waals surface area contributed by atoms with Gasteiger partial charge in [-0.1, -0.05) is 30.3 Å². The molecule has 2 atom stereocenters. The molecule has 1 fully saturated rings. The average Bonchev–Trinajstić information content (AvgIpc) is 2.99. The number of hydrogen-bond donors (Lipinski definition) is 1. The zero-order chi connectivity index (χ0) is 17.1. The summed E-state index contributed by atoms with van der Waals surface area (Å²) in [6.07, 6.45) is 0.199. The first-order chi connectivity index (χ1) is 11.5. The minimum Gasteiger partial charge on any atom is -0.335 e. The fraction of sp³-hybridized carbons (Fsp3) is 0.263. The Bertz CT molecular complexity index is 731. The summed E-state index contributed by atoms with van der Waals surface area (Å²) in [7, 11) is 0. The van der Waals surface area contributed by atoms with Gasteiger partial charge in [-0.15, -0.1) is 0 Å². The minimum atomic E-state index is -0.395. The van der Waals surface area contributed by atoms with Crippen LogP contribution in [0.2, 0.25) is 0 Å². The molecule has 5 heteroatoms. The quantitative estimate of drug-likeness (QED) is 0.936. The van der Waals surface area contributed by atoms with Crippen LogP contribution in [0.1, 0.15) is 24.9 Å². The first-order valence-corrected chi connectivity index (χ1v) is 7.95. The molecule has 0 saturated carbocycles. The summed E-state index contributed by atoms with van der Waals surface area (Å²) < 4.78 is 12.9. The molecule has 1 N–H and O–H groups in total. The number of anilines is 1. The SMILES string of the molecule is C[C@@H](c1ccccc1)N1C[C@@H](C(=O)Nc2ccc(F)cc2)CC1=O. The third-order valence-electron chi connectivity index (χ3n) is 4.39. The third kappa shape index (κ3) is 3.45. The highest BCUT2D eigenvalue weighted by Gasteiger charge is 2.36. The van der Waals surface area contributed by atoms with E-state index in [1.54, 1.807) is 4.90 Å². The summed E-state index contributed by atoms with van der Waals surface area (Å²) in [5.74, 6) is -0.982. The Morgan fingerprint density at radius 2 is 1.83 bits per heavy atom. The molecule has 1 heterocycles. The summed E-state index contributed by atoms with van der Waals surface area (Å²) in [5.41, 5.74) is 1.58. The highest BCUT2D eigenvalue weighted by Crippen LogP contribution is 2.29. The van der Waals surface area contributed by atoms with Crippen molar-refractivity contribution in [3.05, 3.63) is 66.0 Å². The molecule has 0 unspecified atom stereocenters. The van der Waals surface area contributed by atoms with Gasteiger partial charge < -0.3 is 10.2 Å². The Morgan fingerprint density at radius 1 is 1.17 bits per heavy atom. The molecule has 2 aromatic rings. The standard InChI is InChI=1S/C19H19FN2O2/c1-13(14-5-3-2-4-6-14)22-12-15(11-18(22)23)19(24)21-17-9-7-16(20)8-10-17/h2-10,13,15H,11-12H2,1H3,(H,21,24)/t13-,15-/m0/s1. The van der Waals surface area contributed by atoms with E-state index in [0.717, 1.165) is 5.56 Å². The number of likely N-dealkylation sites (tertiary alicyclic amines) is 1. The largest absolute Gasteiger partial charge is 0.335 e. The molecule has 24 heavy (non-hydrogen) atoms. The van der Waals surface area contributed by atoms with E-state index in [0.29, 0.717) is 12.2 Å². The van der Waals surface area contributed by atoms with Crippen molar-refractivity contribution in [3.8, 4) is 0 Å². The van der Waals surface area contributed by atoms with Gasteiger partial charge in [-0.2, -0.15) is 0 Å². The van der Waals surface area contributed by atoms with E-state index in [4.69, 9.17) is 0 Å². The van der Waals surface area contributed by atoms with Crippen LogP contribution in [-0.4, -0.2) is 23.3 Å². The van der Waals surface area contributed by atoms with Gasteiger partial charge in [0.25, 0.3) is 0 Å². The van der Waals surface area contributed by atoms with Gasteiger partial charge in [-0.3, -0.25) is 9.59 Å². The Labute approximate surface area is 140 Å². The molecular formula is C19H19FN2O2. The number of carbonyl (C=O) groups is 2. The minimum absolute atomic E-state index is 0.0226. The van der Waals surface area contributed by atoms with Crippen molar-refractivity contribution < 1.29 is 14.0 Å². The summed E-state index contributed by atoms with van der Waals surface area (Å²) >= 11 is 0. The lowest BCUT2D eigenvalue weighted by Crippen LogP contribution is -2.30. The molecule has 2 amide bonds. The van der Waals surface area contributed by atoms with Gasteiger partial charge in [0.15, 0.2) is 0 Å². The number of halogens is 1. The van der Waals surface area contributed by atoms with Crippen LogP contribution in [-0.2, 0) is 9.59 Å². The van der Waals surface area contributed by atoms with Gasteiger partial charge >= 0.3 is 0 Å². The lowest BCUT2D eigenvalue weighted by Gasteiger charge is -2.25. The number of hydrogen-bond acceptors (Lipinski definition) is 2. The molecular weight excluding hydrogens is 307 g/mol. The van der Waals surface area contributed by atoms with Crippen LogP contribution >= 0.6 is 0 Å². The van der Waals surface area contributed by atoms with Gasteiger partial charge in [-0.25, -0.2) is 4.39 Å². The summed E-state index contributed by atoms with van der Waals surface area (Å²) in [4.78, 5) is 26.4. The molecule has 0 radical (unpaired) electrons. The zero-order valence-corrected chi connectivity index (χ0v) is 13.4. The maximum Gasteiger partial charge on any atom is 0.229 e. The van der Waals surface area contributed by atoms with E-state index >= 15 is 0 Å². The fourth-order valence-electron chi connectivity index (χ4n) is 2.97. The third-order valence-corrected chi connectivity index (χ3v) is 4.39. The summed E-state index contributed by atoms with van der Waals surface area (Å²) in [6.45, 7) is 2.36. The van der Waals surface area contributed by atoms with E-state index in [2.05, 4.69) is 5.32 Å². The van der Waals surface area contributed by atoms with Crippen LogP contribution in [0.5, 0.6) is 0 Å². The number of carbonyl (C=O) groups excluding carboxylic acids is 2. The second-order valence-corrected chi connectivity index (χ2v) is 6.03. The Kier molecular flexibility index (Phi) is 4.60. The molecule has 1 saturated heterocycles. The van der Waals surface area contributed by atoms with Crippen molar-refractivity contribution in [2.75, 3.05) is 11.9 Å². The van der Waals surface area contributed by atoms with Crippen LogP contribution < -0.4 is 5.32 Å². The van der Waals surface area contributed by atoms with Crippen LogP contribution in [0.4, 0.5) is 10.1 Å². The monoisotopic (exact) mass is 326 g/mol. The second kappa shape index (κ2) is 6.83. The predicted molar refractivity (Wildman–Crippen MR) is 89.7 cm³/mol. The van der Waals surface area contributed by atoms with Crippen molar-refractivity contribution in [3.63, 3.8) is 0 Å². The average molecular weight is 326 g/mol. The van der Waals surface area contributed by atoms with Crippen LogP contribution in [0.15, 0.2) is 54.6 Å². The fourth-order valence-corrected chi connectivity index (χ4v) is 2.97. The highest BCUT2D eigenvalue weighted by atomic mass is 19.1. The molecule has 1 aliphatic rings. The first-order valence-electron chi connectivity index (χ1n) is 7.95. The van der Waals surface area contributed by atoms with E-state index in [9.17, 15) is 14.0 Å². The molecule has 4 nitrogen and oxygen atoms in total. The van der Waals surface area contributed by atoms with Crippen molar-refractivity contribution in [2.24, 2.45) is 5.92 Å². The smallest absolute Gasteiger partial charge is 0.229 e. The zero-order valence-electron chi connectivity index (χ0n) is 13.4. The van der Waals surface area contributed by atoms with Crippen molar-refractivity contribution >= 4 is 17.5 Å². The molecule has 2 aromatic carbocycles. The number of nitrogens with one attached hydrogen (secondary N) is 1. The lowest BCUT2D eigenvalue weighted by atomic mass is 10.1. The van der Waals surface area contributed by atoms with Gasteiger partial charge in [0, 0.05) is 18.7 Å². The van der Waals surface area contributed by atoms with E-state index < -0.39 is 5.92 Å². The van der Waals surface area contributed by atoms with Crippen LogP contribution in [0.25, 0.3) is 0 Å². The molecule has 0 aromatic heterocycles. The molecule has 0 aliphatic carbocycles. The summed E-state index contributed by atoms with van der Waals surface area (Å²) in [6, 6.07) is 15.3. The normalized spacial score (nSPS) is 18.5. The van der Waals surface area contributed by atoms with Gasteiger partial charge in [0.1, 0.15) is 5.82 Å². The second-order valence-electron chi connectivity index (χ2n) is 6.03. The highest BCUT2D eigenvalue weighted by molar-refractivity contribution is 5.97. The van der Waals surface area contributed by atoms with E-state index in [1.165, 1.54) is 24.3 Å². The molecule has 3 rings (SSSR count). The number of benzene rings is 2. The van der Waals surface area contributed by atoms with E-state index in [1.807, 2.05) is 37.3 Å². The molecule has 124 valence electrons. The number of amides is 2. The lowest BCUT2D eigenvalue weighted by molar-refractivity contribution is -0.129. The first kappa shape index (κ1) is 16.2. The van der Waals surface area contributed by atoms with Gasteiger partial charge in [0.05, 0.1) is 12.0 Å². The Balaban J connectivity index is 1.65. The topological polar surface area (TPSA) is 49.4 Å². The maximum atomic E-state index is 12.9. The number of nitrogens with zero attached hydrogens (tertiary/aromatic N) is 1. The summed E-state index contributed by atoms with van der Waals surface area (Å²) in [5, 5.41) is 2.75. The molecule has 1 aliphatic heterocycles. The van der Waals surface area contributed by atoms with Crippen molar-refractivity contribution in [1.82, 2.24) is 4.90 Å². The van der Waals surface area contributed by atoms with Crippen LogP contribution in [0, 0.1) is 11.7 Å².